The molecule has 0 aliphatic heterocycles. The molecule has 1 heterocycles. The Balaban J connectivity index is 2.03. The molecule has 6 nitrogen and oxygen atoms in total. The first-order valence-electron chi connectivity index (χ1n) is 6.49. The lowest BCUT2D eigenvalue weighted by Crippen LogP contribution is -1.96. The number of nitro groups is 1. The molecule has 0 spiro atoms. The molecule has 3 aromatic rings. The van der Waals surface area contributed by atoms with Crippen molar-refractivity contribution < 1.29 is 14.1 Å². The highest BCUT2D eigenvalue weighted by Crippen LogP contribution is 2.34. The molecule has 0 aliphatic carbocycles. The maximum atomic E-state index is 13.7. The summed E-state index contributed by atoms with van der Waals surface area (Å²) in [5, 5.41) is 11.1. The van der Waals surface area contributed by atoms with Crippen LogP contribution in [0.4, 0.5) is 10.1 Å². The number of ether oxygens (including phenoxy) is 1. The number of halogens is 1. The molecule has 0 amide bonds. The summed E-state index contributed by atoms with van der Waals surface area (Å²) in [6, 6.07) is 7.27. The van der Waals surface area contributed by atoms with E-state index in [4.69, 9.17) is 4.74 Å². The Morgan fingerprint density at radius 3 is 2.82 bits per heavy atom. The van der Waals surface area contributed by atoms with Gasteiger partial charge in [-0.2, -0.15) is 0 Å². The van der Waals surface area contributed by atoms with Gasteiger partial charge in [0.15, 0.2) is 0 Å². The Kier molecular flexibility index (Phi) is 3.25. The van der Waals surface area contributed by atoms with E-state index in [0.717, 1.165) is 17.6 Å². The Morgan fingerprint density at radius 2 is 2.09 bits per heavy atom. The van der Waals surface area contributed by atoms with Crippen LogP contribution in [0.5, 0.6) is 11.5 Å². The maximum absolute atomic E-state index is 13.7. The molecule has 0 unspecified atom stereocenters. The Labute approximate surface area is 124 Å². The summed E-state index contributed by atoms with van der Waals surface area (Å²) >= 11 is 0. The van der Waals surface area contributed by atoms with E-state index in [2.05, 4.69) is 4.98 Å². The lowest BCUT2D eigenvalue weighted by molar-refractivity contribution is -0.385. The van der Waals surface area contributed by atoms with E-state index in [0.29, 0.717) is 11.3 Å². The Hall–Kier alpha value is -2.96. The minimum atomic E-state index is -0.596. The summed E-state index contributed by atoms with van der Waals surface area (Å²) in [6.07, 6.45) is 1.66. The third-order valence-electron chi connectivity index (χ3n) is 3.36. The van der Waals surface area contributed by atoms with Gasteiger partial charge in [0.1, 0.15) is 11.6 Å². The van der Waals surface area contributed by atoms with Crippen molar-refractivity contribution in [3.63, 3.8) is 0 Å². The largest absolute Gasteiger partial charge is 0.450 e. The van der Waals surface area contributed by atoms with Gasteiger partial charge in [-0.15, -0.1) is 0 Å². The summed E-state index contributed by atoms with van der Waals surface area (Å²) in [5.74, 6) is -0.333. The van der Waals surface area contributed by atoms with Crippen molar-refractivity contribution in [1.29, 1.82) is 0 Å². The van der Waals surface area contributed by atoms with Gasteiger partial charge in [-0.1, -0.05) is 0 Å². The number of nitro benzene ring substituents is 1. The lowest BCUT2D eigenvalue weighted by Gasteiger charge is -2.08. The maximum Gasteiger partial charge on any atom is 0.312 e. The van der Waals surface area contributed by atoms with Gasteiger partial charge in [-0.3, -0.25) is 10.1 Å². The number of fused-ring (bicyclic) bond motifs is 1. The molecule has 2 aromatic carbocycles. The van der Waals surface area contributed by atoms with E-state index < -0.39 is 10.7 Å². The molecular formula is C15H12FN3O3. The van der Waals surface area contributed by atoms with Gasteiger partial charge < -0.3 is 9.30 Å². The van der Waals surface area contributed by atoms with Crippen LogP contribution in [-0.2, 0) is 7.05 Å². The number of imidazole rings is 1. The number of aromatic nitrogens is 2. The molecule has 7 heteroatoms. The number of hydrogen-bond acceptors (Lipinski definition) is 4. The zero-order chi connectivity index (χ0) is 15.9. The predicted molar refractivity (Wildman–Crippen MR) is 78.6 cm³/mol. The molecule has 0 aliphatic rings. The van der Waals surface area contributed by atoms with Crippen LogP contribution < -0.4 is 4.74 Å². The van der Waals surface area contributed by atoms with Gasteiger partial charge >= 0.3 is 5.69 Å². The average Bonchev–Trinajstić information content (AvgIpc) is 2.83. The van der Waals surface area contributed by atoms with Crippen LogP contribution in [-0.4, -0.2) is 14.5 Å². The molecule has 22 heavy (non-hydrogen) atoms. The summed E-state index contributed by atoms with van der Waals surface area (Å²) < 4.78 is 21.0. The number of nitrogens with zero attached hydrogens (tertiary/aromatic N) is 3. The number of hydrogen-bond donors (Lipinski definition) is 0. The molecule has 0 saturated carbocycles. The second kappa shape index (κ2) is 5.10. The van der Waals surface area contributed by atoms with Gasteiger partial charge in [0.2, 0.25) is 5.75 Å². The summed E-state index contributed by atoms with van der Waals surface area (Å²) in [5.41, 5.74) is 1.51. The van der Waals surface area contributed by atoms with E-state index in [1.807, 2.05) is 11.6 Å². The first-order valence-corrected chi connectivity index (χ1v) is 6.49. The van der Waals surface area contributed by atoms with Crippen LogP contribution in [0, 0.1) is 22.9 Å². The van der Waals surface area contributed by atoms with Crippen molar-refractivity contribution in [3.05, 3.63) is 58.2 Å². The minimum Gasteiger partial charge on any atom is -0.450 e. The molecule has 112 valence electrons. The third-order valence-corrected chi connectivity index (χ3v) is 3.36. The van der Waals surface area contributed by atoms with E-state index >= 15 is 0 Å². The van der Waals surface area contributed by atoms with Crippen LogP contribution in [0.15, 0.2) is 36.7 Å². The molecule has 0 atom stereocenters. The SMILES string of the molecule is Cc1cc([N+](=O)[O-])c(Oc2ccc3c(c2)ncn3C)cc1F. The van der Waals surface area contributed by atoms with Crippen LogP contribution in [0.2, 0.25) is 0 Å². The van der Waals surface area contributed by atoms with Crippen molar-refractivity contribution in [1.82, 2.24) is 9.55 Å². The minimum absolute atomic E-state index is 0.136. The van der Waals surface area contributed by atoms with Crippen molar-refractivity contribution in [3.8, 4) is 11.5 Å². The molecule has 0 saturated heterocycles. The van der Waals surface area contributed by atoms with E-state index in [1.165, 1.54) is 6.92 Å². The topological polar surface area (TPSA) is 70.2 Å². The zero-order valence-electron chi connectivity index (χ0n) is 11.9. The van der Waals surface area contributed by atoms with Crippen molar-refractivity contribution >= 4 is 16.7 Å². The van der Waals surface area contributed by atoms with Gasteiger partial charge in [-0.25, -0.2) is 9.37 Å². The quantitative estimate of drug-likeness (QED) is 0.546. The normalized spacial score (nSPS) is 10.9. The van der Waals surface area contributed by atoms with Crippen LogP contribution >= 0.6 is 0 Å². The van der Waals surface area contributed by atoms with E-state index in [9.17, 15) is 14.5 Å². The Bertz CT molecular complexity index is 889. The van der Waals surface area contributed by atoms with Gasteiger partial charge in [0.05, 0.1) is 22.3 Å². The highest BCUT2D eigenvalue weighted by atomic mass is 19.1. The van der Waals surface area contributed by atoms with Gasteiger partial charge in [-0.05, 0) is 24.6 Å². The van der Waals surface area contributed by atoms with Gasteiger partial charge in [0.25, 0.3) is 0 Å². The van der Waals surface area contributed by atoms with Gasteiger partial charge in [0, 0.05) is 25.2 Å². The first kappa shape index (κ1) is 14.0. The van der Waals surface area contributed by atoms with Crippen LogP contribution in [0.1, 0.15) is 5.56 Å². The summed E-state index contributed by atoms with van der Waals surface area (Å²) in [7, 11) is 1.86. The van der Waals surface area contributed by atoms with E-state index in [1.54, 1.807) is 24.5 Å². The Morgan fingerprint density at radius 1 is 1.32 bits per heavy atom. The monoisotopic (exact) mass is 301 g/mol. The lowest BCUT2D eigenvalue weighted by atomic mass is 10.2. The average molecular weight is 301 g/mol. The molecule has 0 fully saturated rings. The highest BCUT2D eigenvalue weighted by molar-refractivity contribution is 5.77. The van der Waals surface area contributed by atoms with Crippen molar-refractivity contribution in [2.75, 3.05) is 0 Å². The molecule has 3 rings (SSSR count). The summed E-state index contributed by atoms with van der Waals surface area (Å²) in [4.78, 5) is 14.7. The number of benzene rings is 2. The van der Waals surface area contributed by atoms with Crippen LogP contribution in [0.3, 0.4) is 0 Å². The molecule has 0 radical (unpaired) electrons. The molecule has 1 aromatic heterocycles. The second-order valence-corrected chi connectivity index (χ2v) is 4.93. The standard InChI is InChI=1S/C15H12FN3O3/c1-9-5-14(19(20)21)15(7-11(9)16)22-10-3-4-13-12(6-10)17-8-18(13)2/h3-8H,1-2H3. The summed E-state index contributed by atoms with van der Waals surface area (Å²) in [6.45, 7) is 1.46. The fourth-order valence-corrected chi connectivity index (χ4v) is 2.18. The molecule has 0 N–H and O–H groups in total. The number of rotatable bonds is 3. The second-order valence-electron chi connectivity index (χ2n) is 4.93. The van der Waals surface area contributed by atoms with Crippen molar-refractivity contribution in [2.24, 2.45) is 7.05 Å². The number of aryl methyl sites for hydroxylation is 2. The van der Waals surface area contributed by atoms with Crippen molar-refractivity contribution in [2.45, 2.75) is 6.92 Å². The predicted octanol–water partition coefficient (Wildman–Crippen LogP) is 3.72. The molecule has 0 bridgehead atoms. The fraction of sp³-hybridized carbons (Fsp3) is 0.133. The van der Waals surface area contributed by atoms with E-state index in [-0.39, 0.29) is 17.0 Å². The first-order chi connectivity index (χ1) is 10.5. The fourth-order valence-electron chi connectivity index (χ4n) is 2.18. The highest BCUT2D eigenvalue weighted by Gasteiger charge is 2.19. The van der Waals surface area contributed by atoms with Crippen LogP contribution in [0.25, 0.3) is 11.0 Å². The smallest absolute Gasteiger partial charge is 0.312 e. The zero-order valence-corrected chi connectivity index (χ0v) is 11.9. The molecular weight excluding hydrogens is 289 g/mol. The third kappa shape index (κ3) is 2.37.